The van der Waals surface area contributed by atoms with Crippen molar-refractivity contribution in [2.75, 3.05) is 19.6 Å². The number of fused-ring (bicyclic) bond motifs is 1. The fraction of sp³-hybridized carbons (Fsp3) is 0.333. The van der Waals surface area contributed by atoms with Crippen LogP contribution in [0, 0.1) is 0 Å². The molecule has 0 bridgehead atoms. The topological polar surface area (TPSA) is 58.4 Å². The highest BCUT2D eigenvalue weighted by atomic mass is 16.5. The summed E-state index contributed by atoms with van der Waals surface area (Å²) in [5, 5.41) is 8.06. The van der Waals surface area contributed by atoms with E-state index in [1.54, 1.807) is 0 Å². The minimum absolute atomic E-state index is 0.0239. The van der Waals surface area contributed by atoms with Gasteiger partial charge in [-0.05, 0) is 43.6 Å². The van der Waals surface area contributed by atoms with Gasteiger partial charge in [0.15, 0.2) is 5.58 Å². The fourth-order valence-corrected chi connectivity index (χ4v) is 3.68. The van der Waals surface area contributed by atoms with Crippen molar-refractivity contribution in [3.63, 3.8) is 0 Å². The van der Waals surface area contributed by atoms with Crippen LogP contribution in [0.1, 0.15) is 30.1 Å². The van der Waals surface area contributed by atoms with Crippen LogP contribution in [-0.4, -0.2) is 35.6 Å². The molecule has 2 aromatic carbocycles. The van der Waals surface area contributed by atoms with Crippen LogP contribution < -0.4 is 5.32 Å². The van der Waals surface area contributed by atoms with Gasteiger partial charge in [0, 0.05) is 11.9 Å². The van der Waals surface area contributed by atoms with Gasteiger partial charge in [-0.3, -0.25) is 9.69 Å². The van der Waals surface area contributed by atoms with Crippen LogP contribution in [0.2, 0.25) is 0 Å². The van der Waals surface area contributed by atoms with E-state index in [2.05, 4.69) is 39.6 Å². The number of benzene rings is 2. The summed E-state index contributed by atoms with van der Waals surface area (Å²) in [7, 11) is 0. The molecule has 3 aromatic rings. The Morgan fingerprint density at radius 3 is 2.62 bits per heavy atom. The number of hydrogen-bond donors (Lipinski definition) is 1. The highest BCUT2D eigenvalue weighted by Crippen LogP contribution is 2.24. The number of aromatic nitrogens is 1. The third-order valence-electron chi connectivity index (χ3n) is 5.04. The van der Waals surface area contributed by atoms with Crippen molar-refractivity contribution in [2.45, 2.75) is 25.3 Å². The van der Waals surface area contributed by atoms with E-state index in [1.165, 1.54) is 18.4 Å². The molecule has 1 fully saturated rings. The third-order valence-corrected chi connectivity index (χ3v) is 5.04. The normalized spacial score (nSPS) is 16.0. The Labute approximate surface area is 153 Å². The number of nitrogens with zero attached hydrogens (tertiary/aromatic N) is 2. The summed E-state index contributed by atoms with van der Waals surface area (Å²) in [5.41, 5.74) is 2.66. The average Bonchev–Trinajstić information content (AvgIpc) is 3.34. The maximum Gasteiger partial charge on any atom is 0.226 e. The first kappa shape index (κ1) is 16.8. The van der Waals surface area contributed by atoms with Crippen LogP contribution in [0.25, 0.3) is 11.0 Å². The van der Waals surface area contributed by atoms with Crippen LogP contribution in [0.15, 0.2) is 59.1 Å². The van der Waals surface area contributed by atoms with Crippen LogP contribution in [-0.2, 0) is 11.2 Å². The van der Waals surface area contributed by atoms with E-state index in [4.69, 9.17) is 4.52 Å². The molecule has 1 atom stereocenters. The largest absolute Gasteiger partial charge is 0.356 e. The molecule has 0 spiro atoms. The van der Waals surface area contributed by atoms with E-state index in [0.717, 1.165) is 24.1 Å². The molecule has 5 heteroatoms. The Kier molecular flexibility index (Phi) is 4.97. The minimum atomic E-state index is -0.0239. The number of hydrogen-bond acceptors (Lipinski definition) is 4. The third kappa shape index (κ3) is 3.63. The van der Waals surface area contributed by atoms with Gasteiger partial charge in [-0.2, -0.15) is 0 Å². The number of rotatable bonds is 6. The van der Waals surface area contributed by atoms with E-state index >= 15 is 0 Å². The maximum atomic E-state index is 12.5. The van der Waals surface area contributed by atoms with Gasteiger partial charge in [0.2, 0.25) is 5.91 Å². The highest BCUT2D eigenvalue weighted by Gasteiger charge is 2.24. The van der Waals surface area contributed by atoms with Crippen molar-refractivity contribution in [3.05, 3.63) is 65.9 Å². The van der Waals surface area contributed by atoms with Gasteiger partial charge in [-0.25, -0.2) is 0 Å². The number of carbonyl (C=O) groups excluding carboxylic acids is 1. The average molecular weight is 349 g/mol. The lowest BCUT2D eigenvalue weighted by atomic mass is 10.1. The molecule has 134 valence electrons. The molecule has 1 aromatic heterocycles. The SMILES string of the molecule is O=C(Cc1noc2ccccc12)NCC(c1ccccc1)N1CCCC1. The van der Waals surface area contributed by atoms with E-state index in [-0.39, 0.29) is 18.4 Å². The van der Waals surface area contributed by atoms with Gasteiger partial charge in [0.05, 0.1) is 12.5 Å². The van der Waals surface area contributed by atoms with Crippen molar-refractivity contribution in [1.82, 2.24) is 15.4 Å². The Morgan fingerprint density at radius 1 is 1.08 bits per heavy atom. The molecule has 4 rings (SSSR count). The lowest BCUT2D eigenvalue weighted by Crippen LogP contribution is -2.37. The molecule has 0 saturated carbocycles. The fourth-order valence-electron chi connectivity index (χ4n) is 3.68. The molecule has 2 heterocycles. The van der Waals surface area contributed by atoms with Crippen LogP contribution >= 0.6 is 0 Å². The van der Waals surface area contributed by atoms with Crippen molar-refractivity contribution in [3.8, 4) is 0 Å². The first-order chi connectivity index (χ1) is 12.8. The van der Waals surface area contributed by atoms with Gasteiger partial charge >= 0.3 is 0 Å². The standard InChI is InChI=1S/C21H23N3O2/c25-21(14-18-17-10-4-5-11-20(17)26-23-18)22-15-19(24-12-6-7-13-24)16-8-2-1-3-9-16/h1-5,8-11,19H,6-7,12-15H2,(H,22,25). The van der Waals surface area contributed by atoms with Crippen molar-refractivity contribution in [2.24, 2.45) is 0 Å². The Morgan fingerprint density at radius 2 is 1.81 bits per heavy atom. The second-order valence-corrected chi connectivity index (χ2v) is 6.78. The lowest BCUT2D eigenvalue weighted by Gasteiger charge is -2.28. The number of carbonyl (C=O) groups is 1. The Hall–Kier alpha value is -2.66. The molecule has 1 unspecified atom stereocenters. The number of nitrogens with one attached hydrogen (secondary N) is 1. The zero-order chi connectivity index (χ0) is 17.8. The molecular formula is C21H23N3O2. The molecule has 5 nitrogen and oxygen atoms in total. The van der Waals surface area contributed by atoms with Crippen LogP contribution in [0.5, 0.6) is 0 Å². The van der Waals surface area contributed by atoms with Crippen LogP contribution in [0.4, 0.5) is 0 Å². The molecule has 1 amide bonds. The number of para-hydroxylation sites is 1. The highest BCUT2D eigenvalue weighted by molar-refractivity contribution is 5.86. The zero-order valence-corrected chi connectivity index (χ0v) is 14.7. The van der Waals surface area contributed by atoms with E-state index < -0.39 is 0 Å². The molecule has 1 saturated heterocycles. The van der Waals surface area contributed by atoms with Crippen LogP contribution in [0.3, 0.4) is 0 Å². The van der Waals surface area contributed by atoms with Crippen molar-refractivity contribution in [1.29, 1.82) is 0 Å². The summed E-state index contributed by atoms with van der Waals surface area (Å²) in [6, 6.07) is 18.3. The van der Waals surface area contributed by atoms with Crippen molar-refractivity contribution < 1.29 is 9.32 Å². The minimum Gasteiger partial charge on any atom is -0.356 e. The monoisotopic (exact) mass is 349 g/mol. The van der Waals surface area contributed by atoms with Gasteiger partial charge in [-0.1, -0.05) is 47.6 Å². The summed E-state index contributed by atoms with van der Waals surface area (Å²) in [5.74, 6) is -0.0239. The van der Waals surface area contributed by atoms with Crippen molar-refractivity contribution >= 4 is 16.9 Å². The zero-order valence-electron chi connectivity index (χ0n) is 14.7. The Balaban J connectivity index is 1.43. The number of likely N-dealkylation sites (tertiary alicyclic amines) is 1. The first-order valence-corrected chi connectivity index (χ1v) is 9.20. The van der Waals surface area contributed by atoms with Gasteiger partial charge in [0.25, 0.3) is 0 Å². The van der Waals surface area contributed by atoms with Gasteiger partial charge in [0.1, 0.15) is 5.69 Å². The number of amides is 1. The summed E-state index contributed by atoms with van der Waals surface area (Å²) in [6.07, 6.45) is 2.68. The molecule has 1 N–H and O–H groups in total. The smallest absolute Gasteiger partial charge is 0.226 e. The molecule has 0 aliphatic carbocycles. The van der Waals surface area contributed by atoms with E-state index in [0.29, 0.717) is 12.2 Å². The molecule has 26 heavy (non-hydrogen) atoms. The predicted octanol–water partition coefficient (Wildman–Crippen LogP) is 3.32. The summed E-state index contributed by atoms with van der Waals surface area (Å²) >= 11 is 0. The predicted molar refractivity (Wildman–Crippen MR) is 101 cm³/mol. The molecule has 0 radical (unpaired) electrons. The summed E-state index contributed by atoms with van der Waals surface area (Å²) in [6.45, 7) is 2.78. The molecular weight excluding hydrogens is 326 g/mol. The van der Waals surface area contributed by atoms with E-state index in [1.807, 2.05) is 30.3 Å². The van der Waals surface area contributed by atoms with Gasteiger partial charge < -0.3 is 9.84 Å². The summed E-state index contributed by atoms with van der Waals surface area (Å²) in [4.78, 5) is 15.0. The van der Waals surface area contributed by atoms with E-state index in [9.17, 15) is 4.79 Å². The van der Waals surface area contributed by atoms with Gasteiger partial charge in [-0.15, -0.1) is 0 Å². The molecule has 1 aliphatic heterocycles. The first-order valence-electron chi connectivity index (χ1n) is 9.20. The summed E-state index contributed by atoms with van der Waals surface area (Å²) < 4.78 is 5.29. The molecule has 1 aliphatic rings. The lowest BCUT2D eigenvalue weighted by molar-refractivity contribution is -0.120. The Bertz CT molecular complexity index is 869. The maximum absolute atomic E-state index is 12.5. The quantitative estimate of drug-likeness (QED) is 0.742. The second kappa shape index (κ2) is 7.70. The second-order valence-electron chi connectivity index (χ2n) is 6.78.